The Bertz CT molecular complexity index is 512. The third kappa shape index (κ3) is 6.15. The highest BCUT2D eigenvalue weighted by molar-refractivity contribution is 5.94. The average molecular weight is 317 g/mol. The molecule has 0 saturated heterocycles. The van der Waals surface area contributed by atoms with E-state index in [4.69, 9.17) is 5.11 Å². The van der Waals surface area contributed by atoms with Gasteiger partial charge in [-0.1, -0.05) is 12.1 Å². The minimum absolute atomic E-state index is 0.0977. The normalized spacial score (nSPS) is 11.3. The number of alkyl halides is 3. The van der Waals surface area contributed by atoms with E-state index in [-0.39, 0.29) is 25.3 Å². The van der Waals surface area contributed by atoms with Crippen molar-refractivity contribution in [3.8, 4) is 0 Å². The number of hydrogen-bond donors (Lipinski definition) is 1. The first-order valence-electron chi connectivity index (χ1n) is 6.89. The Hall–Kier alpha value is -2.05. The molecular weight excluding hydrogens is 299 g/mol. The topological polar surface area (TPSA) is 57.6 Å². The van der Waals surface area contributed by atoms with Crippen molar-refractivity contribution in [2.45, 2.75) is 32.4 Å². The average Bonchev–Trinajstić information content (AvgIpc) is 2.45. The summed E-state index contributed by atoms with van der Waals surface area (Å²) in [6.07, 6.45) is -5.39. The van der Waals surface area contributed by atoms with Crippen molar-refractivity contribution in [2.24, 2.45) is 0 Å². The molecule has 0 spiro atoms. The van der Waals surface area contributed by atoms with Crippen molar-refractivity contribution < 1.29 is 27.9 Å². The standard InChI is InChI=1S/C15H18F3NO3/c1-2-19(10-8-13(20)21)14(22)12-5-3-11(4-6-12)7-9-15(16,17)18/h3-6H,2,7-10H2,1H3,(H,20,21). The summed E-state index contributed by atoms with van der Waals surface area (Å²) in [6, 6.07) is 5.92. The van der Waals surface area contributed by atoms with Crippen LogP contribution in [0.2, 0.25) is 0 Å². The molecule has 0 aromatic heterocycles. The first-order chi connectivity index (χ1) is 10.2. The van der Waals surface area contributed by atoms with E-state index in [1.165, 1.54) is 29.2 Å². The summed E-state index contributed by atoms with van der Waals surface area (Å²) in [5.41, 5.74) is 0.838. The summed E-state index contributed by atoms with van der Waals surface area (Å²) in [6.45, 7) is 2.19. The van der Waals surface area contributed by atoms with Crippen LogP contribution in [0.3, 0.4) is 0 Å². The summed E-state index contributed by atoms with van der Waals surface area (Å²) in [4.78, 5) is 24.1. The highest BCUT2D eigenvalue weighted by atomic mass is 19.4. The van der Waals surface area contributed by atoms with E-state index in [1.807, 2.05) is 0 Å². The smallest absolute Gasteiger partial charge is 0.389 e. The van der Waals surface area contributed by atoms with Crippen LogP contribution in [0.1, 0.15) is 35.7 Å². The number of hydrogen-bond acceptors (Lipinski definition) is 2. The predicted molar refractivity (Wildman–Crippen MR) is 74.6 cm³/mol. The number of aryl methyl sites for hydroxylation is 1. The maximum absolute atomic E-state index is 12.2. The van der Waals surface area contributed by atoms with E-state index in [0.717, 1.165) is 0 Å². The lowest BCUT2D eigenvalue weighted by Gasteiger charge is -2.20. The molecule has 0 fully saturated rings. The van der Waals surface area contributed by atoms with Gasteiger partial charge in [0.2, 0.25) is 0 Å². The lowest BCUT2D eigenvalue weighted by molar-refractivity contribution is -0.137. The molecule has 22 heavy (non-hydrogen) atoms. The zero-order valence-corrected chi connectivity index (χ0v) is 12.2. The molecule has 1 rings (SSSR count). The van der Waals surface area contributed by atoms with Crippen molar-refractivity contribution in [1.29, 1.82) is 0 Å². The molecule has 1 aromatic rings. The molecule has 0 radical (unpaired) electrons. The second kappa shape index (κ2) is 7.82. The van der Waals surface area contributed by atoms with Gasteiger partial charge in [0.05, 0.1) is 6.42 Å². The van der Waals surface area contributed by atoms with Crippen LogP contribution in [-0.4, -0.2) is 41.1 Å². The van der Waals surface area contributed by atoms with Gasteiger partial charge in [0, 0.05) is 25.1 Å². The van der Waals surface area contributed by atoms with Gasteiger partial charge in [0.25, 0.3) is 5.91 Å². The number of nitrogens with zero attached hydrogens (tertiary/aromatic N) is 1. The monoisotopic (exact) mass is 317 g/mol. The van der Waals surface area contributed by atoms with Gasteiger partial charge in [-0.2, -0.15) is 13.2 Å². The lowest BCUT2D eigenvalue weighted by Crippen LogP contribution is -2.32. The van der Waals surface area contributed by atoms with Crippen molar-refractivity contribution in [2.75, 3.05) is 13.1 Å². The molecular formula is C15H18F3NO3. The molecule has 0 saturated carbocycles. The third-order valence-electron chi connectivity index (χ3n) is 3.16. The molecule has 0 bridgehead atoms. The van der Waals surface area contributed by atoms with Crippen molar-refractivity contribution >= 4 is 11.9 Å². The summed E-state index contributed by atoms with van der Waals surface area (Å²) >= 11 is 0. The van der Waals surface area contributed by atoms with Gasteiger partial charge in [-0.15, -0.1) is 0 Å². The van der Waals surface area contributed by atoms with Gasteiger partial charge in [0.15, 0.2) is 0 Å². The van der Waals surface area contributed by atoms with E-state index in [2.05, 4.69) is 0 Å². The Balaban J connectivity index is 2.67. The maximum Gasteiger partial charge on any atom is 0.389 e. The summed E-state index contributed by atoms with van der Waals surface area (Å²) in [5.74, 6) is -1.32. The summed E-state index contributed by atoms with van der Waals surface area (Å²) in [5, 5.41) is 8.64. The van der Waals surface area contributed by atoms with E-state index in [9.17, 15) is 22.8 Å². The molecule has 0 aliphatic carbocycles. The summed E-state index contributed by atoms with van der Waals surface area (Å²) < 4.78 is 36.4. The Morgan fingerprint density at radius 3 is 2.23 bits per heavy atom. The third-order valence-corrected chi connectivity index (χ3v) is 3.16. The van der Waals surface area contributed by atoms with E-state index in [0.29, 0.717) is 17.7 Å². The van der Waals surface area contributed by atoms with Crippen LogP contribution in [0.5, 0.6) is 0 Å². The van der Waals surface area contributed by atoms with Crippen LogP contribution in [0, 0.1) is 0 Å². The van der Waals surface area contributed by atoms with E-state index < -0.39 is 18.6 Å². The molecule has 1 aromatic carbocycles. The van der Waals surface area contributed by atoms with Crippen LogP contribution in [-0.2, 0) is 11.2 Å². The Morgan fingerprint density at radius 1 is 1.18 bits per heavy atom. The second-order valence-electron chi connectivity index (χ2n) is 4.84. The fraction of sp³-hybridized carbons (Fsp3) is 0.467. The Kier molecular flexibility index (Phi) is 6.39. The molecule has 0 atom stereocenters. The van der Waals surface area contributed by atoms with E-state index in [1.54, 1.807) is 6.92 Å². The number of carboxylic acid groups (broad SMARTS) is 1. The molecule has 1 amide bonds. The molecule has 1 N–H and O–H groups in total. The number of amides is 1. The zero-order valence-electron chi connectivity index (χ0n) is 12.2. The quantitative estimate of drug-likeness (QED) is 0.840. The van der Waals surface area contributed by atoms with Crippen LogP contribution in [0.4, 0.5) is 13.2 Å². The number of rotatable bonds is 7. The Morgan fingerprint density at radius 2 is 1.77 bits per heavy atom. The molecule has 0 aliphatic rings. The molecule has 0 heterocycles. The van der Waals surface area contributed by atoms with Gasteiger partial charge in [-0.3, -0.25) is 9.59 Å². The number of carbonyl (C=O) groups excluding carboxylic acids is 1. The van der Waals surface area contributed by atoms with Gasteiger partial charge in [0.1, 0.15) is 0 Å². The SMILES string of the molecule is CCN(CCC(=O)O)C(=O)c1ccc(CCC(F)(F)F)cc1. The summed E-state index contributed by atoms with van der Waals surface area (Å²) in [7, 11) is 0. The minimum atomic E-state index is -4.20. The van der Waals surface area contributed by atoms with Crippen LogP contribution < -0.4 is 0 Å². The minimum Gasteiger partial charge on any atom is -0.481 e. The number of carboxylic acids is 1. The molecule has 4 nitrogen and oxygen atoms in total. The van der Waals surface area contributed by atoms with Crippen LogP contribution >= 0.6 is 0 Å². The maximum atomic E-state index is 12.2. The van der Waals surface area contributed by atoms with Crippen molar-refractivity contribution in [3.05, 3.63) is 35.4 Å². The highest BCUT2D eigenvalue weighted by Gasteiger charge is 2.26. The first-order valence-corrected chi connectivity index (χ1v) is 6.89. The van der Waals surface area contributed by atoms with Gasteiger partial charge in [-0.05, 0) is 31.0 Å². The number of aliphatic carboxylic acids is 1. The Labute approximate surface area is 126 Å². The molecule has 7 heteroatoms. The second-order valence-corrected chi connectivity index (χ2v) is 4.84. The number of benzene rings is 1. The van der Waals surface area contributed by atoms with Crippen molar-refractivity contribution in [3.63, 3.8) is 0 Å². The van der Waals surface area contributed by atoms with Gasteiger partial charge >= 0.3 is 12.1 Å². The highest BCUT2D eigenvalue weighted by Crippen LogP contribution is 2.22. The number of carbonyl (C=O) groups is 2. The molecule has 0 unspecified atom stereocenters. The zero-order chi connectivity index (χ0) is 16.8. The molecule has 0 aliphatic heterocycles. The van der Waals surface area contributed by atoms with Crippen LogP contribution in [0.25, 0.3) is 0 Å². The fourth-order valence-corrected chi connectivity index (χ4v) is 1.92. The molecule has 122 valence electrons. The van der Waals surface area contributed by atoms with Crippen LogP contribution in [0.15, 0.2) is 24.3 Å². The first kappa shape index (κ1) is 18.0. The largest absolute Gasteiger partial charge is 0.481 e. The van der Waals surface area contributed by atoms with E-state index >= 15 is 0 Å². The van der Waals surface area contributed by atoms with Gasteiger partial charge in [-0.25, -0.2) is 0 Å². The van der Waals surface area contributed by atoms with Gasteiger partial charge < -0.3 is 10.0 Å². The lowest BCUT2D eigenvalue weighted by atomic mass is 10.1. The number of halogens is 3. The fourth-order valence-electron chi connectivity index (χ4n) is 1.92. The van der Waals surface area contributed by atoms with Crippen molar-refractivity contribution in [1.82, 2.24) is 4.90 Å². The predicted octanol–water partition coefficient (Wildman–Crippen LogP) is 3.12.